The summed E-state index contributed by atoms with van der Waals surface area (Å²) in [6, 6.07) is 11.3. The van der Waals surface area contributed by atoms with Crippen molar-refractivity contribution < 1.29 is 9.47 Å². The lowest BCUT2D eigenvalue weighted by Crippen LogP contribution is -1.95. The van der Waals surface area contributed by atoms with Crippen LogP contribution in [0.25, 0.3) is 11.1 Å². The van der Waals surface area contributed by atoms with Gasteiger partial charge in [-0.2, -0.15) is 0 Å². The molecule has 0 bridgehead atoms. The third-order valence-electron chi connectivity index (χ3n) is 3.36. The molecule has 0 aliphatic rings. The van der Waals surface area contributed by atoms with Crippen LogP contribution in [-0.4, -0.2) is 20.8 Å². The lowest BCUT2D eigenvalue weighted by Gasteiger charge is -2.10. The second kappa shape index (κ2) is 9.58. The highest BCUT2D eigenvalue weighted by atomic mass is 16.5. The molecule has 0 atom stereocenters. The van der Waals surface area contributed by atoms with Crippen molar-refractivity contribution in [3.05, 3.63) is 36.4 Å². The quantitative estimate of drug-likeness (QED) is 0.735. The topological polar surface area (TPSA) is 96.5 Å². The number of hydrogen-bond donors (Lipinski definition) is 3. The van der Waals surface area contributed by atoms with Gasteiger partial charge in [0.2, 0.25) is 0 Å². The molecule has 0 heterocycles. The van der Waals surface area contributed by atoms with Crippen LogP contribution in [0.4, 0.5) is 11.4 Å². The summed E-state index contributed by atoms with van der Waals surface area (Å²) < 4.78 is 10.4. The molecule has 0 amide bonds. The lowest BCUT2D eigenvalue weighted by atomic mass is 10.0. The van der Waals surface area contributed by atoms with E-state index in [1.807, 2.05) is 36.4 Å². The van der Waals surface area contributed by atoms with Crippen molar-refractivity contribution in [1.29, 1.82) is 0 Å². The van der Waals surface area contributed by atoms with E-state index in [1.165, 1.54) is 12.8 Å². The van der Waals surface area contributed by atoms with Crippen LogP contribution in [0.3, 0.4) is 0 Å². The van der Waals surface area contributed by atoms with Gasteiger partial charge >= 0.3 is 0 Å². The van der Waals surface area contributed by atoms with Crippen LogP contribution in [0.15, 0.2) is 36.4 Å². The highest BCUT2D eigenvalue weighted by Gasteiger charge is 2.06. The zero-order valence-electron chi connectivity index (χ0n) is 14.1. The first-order valence-electron chi connectivity index (χ1n) is 7.64. The summed E-state index contributed by atoms with van der Waals surface area (Å²) in [4.78, 5) is 0. The first kappa shape index (κ1) is 18.6. The molecule has 23 heavy (non-hydrogen) atoms. The van der Waals surface area contributed by atoms with Crippen molar-refractivity contribution in [3.63, 3.8) is 0 Å². The fourth-order valence-electron chi connectivity index (χ4n) is 1.99. The van der Waals surface area contributed by atoms with Crippen molar-refractivity contribution >= 4 is 11.4 Å². The number of unbranched alkanes of at least 4 members (excludes halogenated alkanes) is 1. The maximum absolute atomic E-state index is 5.79. The van der Waals surface area contributed by atoms with Gasteiger partial charge in [0.1, 0.15) is 11.5 Å². The first-order valence-corrected chi connectivity index (χ1v) is 7.64. The molecule has 2 aromatic carbocycles. The Morgan fingerprint density at radius 3 is 1.52 bits per heavy atom. The summed E-state index contributed by atoms with van der Waals surface area (Å²) in [6.07, 6.45) is 2.39. The standard InChI is InChI=1S/C14H16N2O2.C4H11N/c1-17-13-7-9(3-5-11(13)15)10-4-6-12(16)14(8-10)18-2;1-2-3-4-5/h3-8H,15-16H2,1-2H3;2-5H2,1H3. The minimum absolute atomic E-state index is 0.615. The van der Waals surface area contributed by atoms with Gasteiger partial charge in [-0.05, 0) is 48.4 Å². The molecule has 0 spiro atoms. The molecule has 0 unspecified atom stereocenters. The van der Waals surface area contributed by atoms with Crippen LogP contribution >= 0.6 is 0 Å². The van der Waals surface area contributed by atoms with Crippen molar-refractivity contribution in [3.8, 4) is 22.6 Å². The van der Waals surface area contributed by atoms with E-state index >= 15 is 0 Å². The van der Waals surface area contributed by atoms with E-state index in [0.29, 0.717) is 22.9 Å². The monoisotopic (exact) mass is 317 g/mol. The average Bonchev–Trinajstić information content (AvgIpc) is 2.57. The van der Waals surface area contributed by atoms with Crippen molar-refractivity contribution in [2.45, 2.75) is 19.8 Å². The van der Waals surface area contributed by atoms with E-state index in [4.69, 9.17) is 26.7 Å². The number of benzene rings is 2. The summed E-state index contributed by atoms with van der Waals surface area (Å²) in [5, 5.41) is 0. The van der Waals surface area contributed by atoms with Gasteiger partial charge in [0.25, 0.3) is 0 Å². The summed E-state index contributed by atoms with van der Waals surface area (Å²) in [7, 11) is 3.19. The van der Waals surface area contributed by atoms with Crippen molar-refractivity contribution in [2.75, 3.05) is 32.2 Å². The van der Waals surface area contributed by atoms with Crippen LogP contribution in [0.5, 0.6) is 11.5 Å². The summed E-state index contributed by atoms with van der Waals surface area (Å²) in [6.45, 7) is 2.98. The third-order valence-corrected chi connectivity index (χ3v) is 3.36. The smallest absolute Gasteiger partial charge is 0.142 e. The van der Waals surface area contributed by atoms with Gasteiger partial charge in [-0.25, -0.2) is 0 Å². The van der Waals surface area contributed by atoms with Gasteiger partial charge in [0, 0.05) is 0 Å². The van der Waals surface area contributed by atoms with E-state index in [-0.39, 0.29) is 0 Å². The number of hydrogen-bond acceptors (Lipinski definition) is 5. The molecule has 0 saturated heterocycles. The van der Waals surface area contributed by atoms with Gasteiger partial charge in [0.05, 0.1) is 25.6 Å². The zero-order valence-corrected chi connectivity index (χ0v) is 14.1. The Balaban J connectivity index is 0.000000463. The SMILES string of the molecule is CCCCN.COc1cc(-c2ccc(N)c(OC)c2)ccc1N. The second-order valence-corrected chi connectivity index (χ2v) is 5.06. The minimum Gasteiger partial charge on any atom is -0.495 e. The Labute approximate surface area is 138 Å². The van der Waals surface area contributed by atoms with Crippen LogP contribution in [0, 0.1) is 0 Å². The number of methoxy groups -OCH3 is 2. The molecule has 0 radical (unpaired) electrons. The fourth-order valence-corrected chi connectivity index (χ4v) is 1.99. The molecular weight excluding hydrogens is 290 g/mol. The van der Waals surface area contributed by atoms with Gasteiger partial charge in [-0.1, -0.05) is 25.5 Å². The Hall–Kier alpha value is -2.40. The molecule has 2 rings (SSSR count). The first-order chi connectivity index (χ1) is 11.1. The van der Waals surface area contributed by atoms with Crippen LogP contribution in [-0.2, 0) is 0 Å². The van der Waals surface area contributed by atoms with Gasteiger partial charge in [-0.15, -0.1) is 0 Å². The summed E-state index contributed by atoms with van der Waals surface area (Å²) in [5.74, 6) is 1.31. The highest BCUT2D eigenvalue weighted by Crippen LogP contribution is 2.32. The van der Waals surface area contributed by atoms with Crippen molar-refractivity contribution in [2.24, 2.45) is 5.73 Å². The molecule has 5 heteroatoms. The Morgan fingerprint density at radius 2 is 1.26 bits per heavy atom. The molecule has 0 saturated carbocycles. The maximum Gasteiger partial charge on any atom is 0.142 e. The minimum atomic E-state index is 0.615. The molecule has 0 aliphatic heterocycles. The predicted molar refractivity (Wildman–Crippen MR) is 97.8 cm³/mol. The molecule has 0 fully saturated rings. The largest absolute Gasteiger partial charge is 0.495 e. The van der Waals surface area contributed by atoms with E-state index in [9.17, 15) is 0 Å². The maximum atomic E-state index is 5.79. The third kappa shape index (κ3) is 5.38. The van der Waals surface area contributed by atoms with Gasteiger partial charge in [0.15, 0.2) is 0 Å². The van der Waals surface area contributed by atoms with Crippen molar-refractivity contribution in [1.82, 2.24) is 0 Å². The fraction of sp³-hybridized carbons (Fsp3) is 0.333. The number of rotatable bonds is 5. The van der Waals surface area contributed by atoms with E-state index in [2.05, 4.69) is 6.92 Å². The second-order valence-electron chi connectivity index (χ2n) is 5.06. The van der Waals surface area contributed by atoms with Crippen LogP contribution < -0.4 is 26.7 Å². The molecule has 5 nitrogen and oxygen atoms in total. The van der Waals surface area contributed by atoms with Crippen LogP contribution in [0.2, 0.25) is 0 Å². The molecule has 2 aromatic rings. The van der Waals surface area contributed by atoms with E-state index in [1.54, 1.807) is 14.2 Å². The Bertz CT molecular complexity index is 562. The molecule has 0 aliphatic carbocycles. The molecule has 126 valence electrons. The number of ether oxygens (including phenoxy) is 2. The van der Waals surface area contributed by atoms with E-state index < -0.39 is 0 Å². The highest BCUT2D eigenvalue weighted by molar-refractivity contribution is 5.73. The number of anilines is 2. The lowest BCUT2D eigenvalue weighted by molar-refractivity contribution is 0.416. The summed E-state index contributed by atoms with van der Waals surface area (Å²) >= 11 is 0. The summed E-state index contributed by atoms with van der Waals surface area (Å²) in [5.41, 5.74) is 19.9. The number of nitrogen functional groups attached to an aromatic ring is 2. The predicted octanol–water partition coefficient (Wildman–Crippen LogP) is 3.28. The zero-order chi connectivity index (χ0) is 17.2. The van der Waals surface area contributed by atoms with Gasteiger partial charge < -0.3 is 26.7 Å². The molecule has 6 N–H and O–H groups in total. The Kier molecular flexibility index (Phi) is 7.77. The Morgan fingerprint density at radius 1 is 0.826 bits per heavy atom. The average molecular weight is 317 g/mol. The van der Waals surface area contributed by atoms with E-state index in [0.717, 1.165) is 17.7 Å². The normalized spacial score (nSPS) is 9.74. The van der Waals surface area contributed by atoms with Gasteiger partial charge in [-0.3, -0.25) is 0 Å². The molecule has 0 aromatic heterocycles. The number of nitrogens with two attached hydrogens (primary N) is 3. The van der Waals surface area contributed by atoms with Crippen LogP contribution in [0.1, 0.15) is 19.8 Å². The molecular formula is C18H27N3O2.